The van der Waals surface area contributed by atoms with Crippen LogP contribution in [0.3, 0.4) is 0 Å². The lowest BCUT2D eigenvalue weighted by Crippen LogP contribution is -2.54. The molecule has 3 saturated carbocycles. The molecule has 9 atom stereocenters. The van der Waals surface area contributed by atoms with Crippen LogP contribution in [-0.4, -0.2) is 47.9 Å². The second-order valence-corrected chi connectivity index (χ2v) is 11.0. The van der Waals surface area contributed by atoms with Crippen molar-refractivity contribution in [2.75, 3.05) is 6.61 Å². The number of ether oxygens (including phenoxy) is 3. The SMILES string of the molecule is CC(=O)O[C@H]1CC[C@@]2(CO[C@H](O)C[C@@H]3[C@@H]2CC[C@]2(C)[C@@H]([C@@H](C)OC(C)=O)CC[C@@H]32)C(=O)C1. The van der Waals surface area contributed by atoms with Crippen molar-refractivity contribution >= 4 is 17.7 Å². The number of hydrogen-bond donors (Lipinski definition) is 1. The van der Waals surface area contributed by atoms with Crippen LogP contribution in [0.1, 0.15) is 79.1 Å². The van der Waals surface area contributed by atoms with E-state index < -0.39 is 11.7 Å². The first-order valence-electron chi connectivity index (χ1n) is 12.2. The highest BCUT2D eigenvalue weighted by Crippen LogP contribution is 2.65. The molecule has 0 unspecified atom stereocenters. The van der Waals surface area contributed by atoms with Gasteiger partial charge < -0.3 is 19.3 Å². The van der Waals surface area contributed by atoms with Crippen molar-refractivity contribution in [1.82, 2.24) is 0 Å². The Bertz CT molecular complexity index is 765. The molecule has 1 spiro atoms. The first kappa shape index (κ1) is 23.7. The highest BCUT2D eigenvalue weighted by atomic mass is 16.6. The lowest BCUT2D eigenvalue weighted by Gasteiger charge is -2.54. The molecular weight excluding hydrogens is 412 g/mol. The highest BCUT2D eigenvalue weighted by Gasteiger charge is 2.62. The van der Waals surface area contributed by atoms with E-state index in [4.69, 9.17) is 14.2 Å². The molecule has 180 valence electrons. The van der Waals surface area contributed by atoms with Crippen LogP contribution in [0.5, 0.6) is 0 Å². The Labute approximate surface area is 190 Å². The summed E-state index contributed by atoms with van der Waals surface area (Å²) in [5.41, 5.74) is -0.598. The number of carbonyl (C=O) groups is 3. The van der Waals surface area contributed by atoms with E-state index in [1.807, 2.05) is 6.92 Å². The molecule has 0 aromatic rings. The van der Waals surface area contributed by atoms with E-state index in [1.165, 1.54) is 13.8 Å². The number of aliphatic hydroxyl groups is 1. The van der Waals surface area contributed by atoms with Crippen molar-refractivity contribution in [3.05, 3.63) is 0 Å². The summed E-state index contributed by atoms with van der Waals surface area (Å²) in [6.45, 7) is 7.40. The monoisotopic (exact) mass is 450 g/mol. The van der Waals surface area contributed by atoms with Crippen LogP contribution in [0, 0.1) is 34.5 Å². The highest BCUT2D eigenvalue weighted by molar-refractivity contribution is 5.87. The van der Waals surface area contributed by atoms with Crippen LogP contribution < -0.4 is 0 Å². The first-order valence-corrected chi connectivity index (χ1v) is 12.2. The second-order valence-electron chi connectivity index (χ2n) is 11.0. The van der Waals surface area contributed by atoms with E-state index in [9.17, 15) is 19.5 Å². The number of fused-ring (bicyclic) bond motifs is 4. The van der Waals surface area contributed by atoms with Gasteiger partial charge in [-0.15, -0.1) is 0 Å². The number of rotatable bonds is 3. The topological polar surface area (TPSA) is 99.1 Å². The molecule has 1 aliphatic heterocycles. The van der Waals surface area contributed by atoms with Gasteiger partial charge in [0.05, 0.1) is 12.0 Å². The van der Waals surface area contributed by atoms with Gasteiger partial charge in [-0.2, -0.15) is 0 Å². The molecule has 7 heteroatoms. The van der Waals surface area contributed by atoms with Gasteiger partial charge >= 0.3 is 11.9 Å². The summed E-state index contributed by atoms with van der Waals surface area (Å²) < 4.78 is 16.8. The molecule has 0 amide bonds. The third-order valence-electron chi connectivity index (χ3n) is 9.36. The van der Waals surface area contributed by atoms with Crippen LogP contribution in [0.15, 0.2) is 0 Å². The van der Waals surface area contributed by atoms with Gasteiger partial charge in [0, 0.05) is 32.6 Å². The maximum atomic E-state index is 13.5. The molecule has 7 nitrogen and oxygen atoms in total. The van der Waals surface area contributed by atoms with Crippen molar-refractivity contribution in [2.45, 2.75) is 97.6 Å². The van der Waals surface area contributed by atoms with Crippen LogP contribution in [0.2, 0.25) is 0 Å². The van der Waals surface area contributed by atoms with E-state index in [2.05, 4.69) is 6.92 Å². The number of aliphatic hydroxyl groups excluding tert-OH is 1. The molecule has 1 N–H and O–H groups in total. The number of hydrogen-bond acceptors (Lipinski definition) is 7. The maximum Gasteiger partial charge on any atom is 0.302 e. The van der Waals surface area contributed by atoms with Crippen LogP contribution in [0.25, 0.3) is 0 Å². The van der Waals surface area contributed by atoms with Crippen LogP contribution >= 0.6 is 0 Å². The van der Waals surface area contributed by atoms with Crippen molar-refractivity contribution in [2.24, 2.45) is 34.5 Å². The number of esters is 2. The van der Waals surface area contributed by atoms with E-state index in [0.717, 1.165) is 25.7 Å². The summed E-state index contributed by atoms with van der Waals surface area (Å²) in [6, 6.07) is 0. The standard InChI is InChI=1S/C25H38O7/c1-14(31-15(2)26)19-5-6-20-18-12-23(29)30-13-25(21(18)8-9-24(19,20)4)10-7-17(11-22(25)28)32-16(3)27/h14,17-21,23,29H,5-13H2,1-4H3/t14-,17+,18+,19-,20+,21+,23+,24-,25+/m1/s1. The third kappa shape index (κ3) is 4.00. The summed E-state index contributed by atoms with van der Waals surface area (Å²) >= 11 is 0. The molecule has 4 rings (SSSR count). The van der Waals surface area contributed by atoms with Crippen molar-refractivity contribution in [3.63, 3.8) is 0 Å². The Kier molecular flexibility index (Phi) is 6.45. The first-order chi connectivity index (χ1) is 15.1. The Morgan fingerprint density at radius 3 is 2.50 bits per heavy atom. The Morgan fingerprint density at radius 2 is 1.84 bits per heavy atom. The third-order valence-corrected chi connectivity index (χ3v) is 9.36. The largest absolute Gasteiger partial charge is 0.463 e. The van der Waals surface area contributed by atoms with Gasteiger partial charge in [-0.05, 0) is 68.6 Å². The zero-order valence-corrected chi connectivity index (χ0v) is 19.8. The van der Waals surface area contributed by atoms with E-state index in [1.54, 1.807) is 0 Å². The summed E-state index contributed by atoms with van der Waals surface area (Å²) in [5.74, 6) is 0.510. The minimum Gasteiger partial charge on any atom is -0.463 e. The van der Waals surface area contributed by atoms with Gasteiger partial charge in [-0.25, -0.2) is 0 Å². The fourth-order valence-electron chi connectivity index (χ4n) is 8.06. The fourth-order valence-corrected chi connectivity index (χ4v) is 8.06. The van der Waals surface area contributed by atoms with Crippen LogP contribution in [0.4, 0.5) is 0 Å². The molecule has 0 aromatic heterocycles. The molecule has 32 heavy (non-hydrogen) atoms. The number of ketones is 1. The molecule has 4 fully saturated rings. The predicted molar refractivity (Wildman–Crippen MR) is 115 cm³/mol. The normalized spacial score (nSPS) is 44.8. The molecule has 0 radical (unpaired) electrons. The quantitative estimate of drug-likeness (QED) is 0.658. The summed E-state index contributed by atoms with van der Waals surface area (Å²) in [7, 11) is 0. The van der Waals surface area contributed by atoms with Crippen molar-refractivity contribution in [1.29, 1.82) is 0 Å². The molecule has 1 saturated heterocycles. The predicted octanol–water partition coefficient (Wildman–Crippen LogP) is 3.41. The minimum absolute atomic E-state index is 0.0132. The zero-order chi connectivity index (χ0) is 23.3. The molecular formula is C25H38O7. The van der Waals surface area contributed by atoms with Gasteiger partial charge in [-0.1, -0.05) is 6.92 Å². The maximum absolute atomic E-state index is 13.5. The molecule has 0 aromatic carbocycles. The van der Waals surface area contributed by atoms with E-state index in [-0.39, 0.29) is 66.1 Å². The Hall–Kier alpha value is -1.47. The van der Waals surface area contributed by atoms with E-state index >= 15 is 0 Å². The average molecular weight is 451 g/mol. The second kappa shape index (κ2) is 8.71. The molecule has 4 aliphatic rings. The van der Waals surface area contributed by atoms with Gasteiger partial charge in [0.15, 0.2) is 6.29 Å². The Balaban J connectivity index is 1.60. The fraction of sp³-hybridized carbons (Fsp3) is 0.880. The zero-order valence-electron chi connectivity index (χ0n) is 19.8. The van der Waals surface area contributed by atoms with Crippen molar-refractivity contribution < 1.29 is 33.7 Å². The summed E-state index contributed by atoms with van der Waals surface area (Å²) in [5, 5.41) is 10.6. The minimum atomic E-state index is -0.867. The molecule has 0 bridgehead atoms. The summed E-state index contributed by atoms with van der Waals surface area (Å²) in [6.07, 6.45) is 4.59. The lowest BCUT2D eigenvalue weighted by atomic mass is 9.50. The van der Waals surface area contributed by atoms with Gasteiger partial charge in [-0.3, -0.25) is 14.4 Å². The van der Waals surface area contributed by atoms with Crippen LogP contribution in [-0.2, 0) is 28.6 Å². The number of carbonyl (C=O) groups excluding carboxylic acids is 3. The Morgan fingerprint density at radius 1 is 1.09 bits per heavy atom. The smallest absolute Gasteiger partial charge is 0.302 e. The molecule has 3 aliphatic carbocycles. The van der Waals surface area contributed by atoms with Crippen molar-refractivity contribution in [3.8, 4) is 0 Å². The number of Topliss-reactive ketones (excluding diaryl/α,β-unsaturated/α-hetero) is 1. The van der Waals surface area contributed by atoms with Gasteiger partial charge in [0.25, 0.3) is 0 Å². The van der Waals surface area contributed by atoms with Gasteiger partial charge in [0.1, 0.15) is 18.0 Å². The molecule has 1 heterocycles. The van der Waals surface area contributed by atoms with E-state index in [0.29, 0.717) is 25.2 Å². The average Bonchev–Trinajstić information content (AvgIpc) is 2.97. The van der Waals surface area contributed by atoms with Gasteiger partial charge in [0.2, 0.25) is 0 Å². The lowest BCUT2D eigenvalue weighted by molar-refractivity contribution is -0.164. The summed E-state index contributed by atoms with van der Waals surface area (Å²) in [4.78, 5) is 36.5.